The molecular weight excluding hydrogens is 451 g/mol. The predicted molar refractivity (Wildman–Crippen MR) is 87.7 cm³/mol. The number of aromatic nitrogens is 2. The van der Waals surface area contributed by atoms with Crippen molar-refractivity contribution in [3.8, 4) is 0 Å². The van der Waals surface area contributed by atoms with E-state index in [2.05, 4.69) is 65.7 Å². The number of hydrogen-bond acceptors (Lipinski definition) is 0. The van der Waals surface area contributed by atoms with Crippen LogP contribution in [-0.4, -0.2) is 0 Å². The Morgan fingerprint density at radius 2 is 1.50 bits per heavy atom. The van der Waals surface area contributed by atoms with Crippen molar-refractivity contribution in [1.82, 2.24) is 0 Å². The van der Waals surface area contributed by atoms with Crippen molar-refractivity contribution in [2.45, 2.75) is 0 Å². The van der Waals surface area contributed by atoms with Gasteiger partial charge in [-0.3, -0.25) is 4.57 Å². The normalized spacial score (nSPS) is 14.1. The molecule has 0 unspecified atom stereocenters. The van der Waals surface area contributed by atoms with E-state index in [0.717, 1.165) is 0 Å². The zero-order valence-corrected chi connectivity index (χ0v) is 16.6. The van der Waals surface area contributed by atoms with E-state index in [-0.39, 0.29) is 41.0 Å². The number of hydrogen-bond donors (Lipinski definition) is 0. The molecule has 4 heteroatoms. The van der Waals surface area contributed by atoms with Crippen LogP contribution in [0, 0.1) is 6.04 Å². The van der Waals surface area contributed by atoms with E-state index in [1.807, 2.05) is 48.1 Å². The van der Waals surface area contributed by atoms with Gasteiger partial charge < -0.3 is 28.5 Å². The van der Waals surface area contributed by atoms with Gasteiger partial charge >= 0.3 is 17.1 Å². The third kappa shape index (κ3) is 5.48. The van der Waals surface area contributed by atoms with Crippen molar-refractivity contribution in [3.05, 3.63) is 115 Å². The molecule has 0 atom stereocenters. The Hall–Kier alpha value is -1.62. The molecule has 2 aliphatic carbocycles. The second-order valence-electron chi connectivity index (χ2n) is 5.17. The molecule has 0 spiro atoms. The van der Waals surface area contributed by atoms with Gasteiger partial charge in [-0.15, -0.1) is 12.2 Å². The number of allylic oxidation sites excluding steroid dienone is 10. The number of rotatable bonds is 1. The molecule has 124 valence electrons. The average molecular weight is 470 g/mol. The van der Waals surface area contributed by atoms with Crippen LogP contribution < -0.4 is 33.1 Å². The van der Waals surface area contributed by atoms with Crippen molar-refractivity contribution < 1.29 is 50.2 Å². The van der Waals surface area contributed by atoms with Gasteiger partial charge in [0.05, 0.1) is 12.4 Å². The van der Waals surface area contributed by atoms with Gasteiger partial charge in [0, 0.05) is 0 Å². The van der Waals surface area contributed by atoms with E-state index in [4.69, 9.17) is 0 Å². The molecule has 1 aromatic heterocycles. The molecule has 0 amide bonds. The molecule has 4 rings (SSSR count). The predicted octanol–water partition coefficient (Wildman–Crippen LogP) is -0.147. The fraction of sp³-hybridized carbons (Fsp3) is 0.0500. The zero-order chi connectivity index (χ0) is 15.2. The molecule has 0 saturated carbocycles. The quantitative estimate of drug-likeness (QED) is 0.237. The minimum absolute atomic E-state index is 0. The maximum atomic E-state index is 2.16. The third-order valence-corrected chi connectivity index (χ3v) is 3.49. The van der Waals surface area contributed by atoms with Gasteiger partial charge in [-0.25, -0.2) is 12.1 Å². The van der Waals surface area contributed by atoms with Crippen molar-refractivity contribution >= 4 is 0 Å². The molecule has 0 N–H and O–H groups in total. The van der Waals surface area contributed by atoms with Gasteiger partial charge in [0.25, 0.3) is 6.33 Å². The van der Waals surface area contributed by atoms with Crippen LogP contribution in [-0.2, 0) is 24.1 Å². The molecule has 0 saturated heterocycles. The fourth-order valence-corrected chi connectivity index (χ4v) is 2.32. The molecule has 0 fully saturated rings. The SMILES string of the molecule is C[n+]1c[n+]([C-]2C=CC(=C3C=CC=C3)C=C2)c[cH-]1.[Fe+2].[I-].c1cc[cH-]c1. The average Bonchev–Trinajstić information content (AvgIpc) is 3.31. The Morgan fingerprint density at radius 1 is 0.917 bits per heavy atom. The van der Waals surface area contributed by atoms with Crippen molar-refractivity contribution in [1.29, 1.82) is 0 Å². The molecular formula is C20H19FeIN2. The van der Waals surface area contributed by atoms with Gasteiger partial charge in [-0.05, 0) is 5.57 Å². The summed E-state index contributed by atoms with van der Waals surface area (Å²) in [5, 5.41) is 0. The van der Waals surface area contributed by atoms with Crippen LogP contribution in [0.25, 0.3) is 0 Å². The van der Waals surface area contributed by atoms with E-state index in [1.54, 1.807) is 0 Å². The van der Waals surface area contributed by atoms with Gasteiger partial charge in [-0.2, -0.15) is 18.2 Å². The fourth-order valence-electron chi connectivity index (χ4n) is 2.32. The summed E-state index contributed by atoms with van der Waals surface area (Å²) in [6, 6.07) is 11.2. The van der Waals surface area contributed by atoms with Crippen LogP contribution in [0.2, 0.25) is 0 Å². The largest absolute Gasteiger partial charge is 2.00 e. The van der Waals surface area contributed by atoms with Crippen LogP contribution in [0.15, 0.2) is 109 Å². The van der Waals surface area contributed by atoms with Crippen molar-refractivity contribution in [3.63, 3.8) is 0 Å². The first kappa shape index (κ1) is 20.4. The van der Waals surface area contributed by atoms with Crippen LogP contribution in [0.5, 0.6) is 0 Å². The smallest absolute Gasteiger partial charge is 1.00 e. The molecule has 0 radical (unpaired) electrons. The first-order valence-corrected chi connectivity index (χ1v) is 7.35. The number of nitrogens with zero attached hydrogens (tertiary/aromatic N) is 2. The Labute approximate surface area is 171 Å². The third-order valence-electron chi connectivity index (χ3n) is 3.49. The molecule has 2 aliphatic rings. The second-order valence-corrected chi connectivity index (χ2v) is 5.17. The van der Waals surface area contributed by atoms with Gasteiger partial charge in [0.15, 0.2) is 0 Å². The summed E-state index contributed by atoms with van der Waals surface area (Å²) in [6.07, 6.45) is 23.1. The summed E-state index contributed by atoms with van der Waals surface area (Å²) >= 11 is 0. The van der Waals surface area contributed by atoms with Crippen LogP contribution in [0.1, 0.15) is 0 Å². The Bertz CT molecular complexity index is 714. The molecule has 0 aliphatic heterocycles. The Kier molecular flexibility index (Phi) is 8.75. The number of imidazole rings is 1. The summed E-state index contributed by atoms with van der Waals surface area (Å²) in [5.74, 6) is 0. The zero-order valence-electron chi connectivity index (χ0n) is 13.4. The molecule has 1 heterocycles. The summed E-state index contributed by atoms with van der Waals surface area (Å²) in [4.78, 5) is 0. The van der Waals surface area contributed by atoms with E-state index >= 15 is 0 Å². The minimum Gasteiger partial charge on any atom is -1.00 e. The maximum Gasteiger partial charge on any atom is 2.00 e. The monoisotopic (exact) mass is 470 g/mol. The Balaban J connectivity index is 0.000000357. The van der Waals surface area contributed by atoms with Crippen molar-refractivity contribution in [2.24, 2.45) is 7.05 Å². The van der Waals surface area contributed by atoms with Gasteiger partial charge in [-0.1, -0.05) is 42.0 Å². The minimum atomic E-state index is 0. The van der Waals surface area contributed by atoms with Gasteiger partial charge in [0.2, 0.25) is 0 Å². The molecule has 1 aromatic carbocycles. The molecule has 24 heavy (non-hydrogen) atoms. The van der Waals surface area contributed by atoms with E-state index in [1.165, 1.54) is 17.2 Å². The van der Waals surface area contributed by atoms with E-state index in [9.17, 15) is 0 Å². The molecule has 0 bridgehead atoms. The van der Waals surface area contributed by atoms with Crippen LogP contribution >= 0.6 is 0 Å². The second kappa shape index (κ2) is 10.3. The van der Waals surface area contributed by atoms with Crippen LogP contribution in [0.4, 0.5) is 0 Å². The number of halogens is 1. The summed E-state index contributed by atoms with van der Waals surface area (Å²) in [5.41, 5.74) is 2.53. The maximum absolute atomic E-state index is 2.16. The van der Waals surface area contributed by atoms with Crippen molar-refractivity contribution in [2.75, 3.05) is 0 Å². The van der Waals surface area contributed by atoms with E-state index in [0.29, 0.717) is 0 Å². The van der Waals surface area contributed by atoms with Gasteiger partial charge in [0.1, 0.15) is 13.1 Å². The molecule has 2 nitrogen and oxygen atoms in total. The van der Waals surface area contributed by atoms with E-state index < -0.39 is 0 Å². The number of aryl methyl sites for hydroxylation is 1. The topological polar surface area (TPSA) is 7.76 Å². The van der Waals surface area contributed by atoms with Crippen LogP contribution in [0.3, 0.4) is 0 Å². The molecule has 2 aromatic rings. The standard InChI is InChI=1S/C15H14N2.C5H5.Fe.HI/c1-16-10-11-17(12-16)15-8-6-14(7-9-15)13-4-2-3-5-13;1-2-4-5-3-1;;/h2-12H,1H3;1-5H;;1H/q;-1;+2;/p-1. The summed E-state index contributed by atoms with van der Waals surface area (Å²) in [6.45, 7) is 0. The first-order valence-electron chi connectivity index (χ1n) is 7.35. The summed E-state index contributed by atoms with van der Waals surface area (Å²) in [7, 11) is 2.02. The Morgan fingerprint density at radius 3 is 1.96 bits per heavy atom. The summed E-state index contributed by atoms with van der Waals surface area (Å²) < 4.78 is 4.14. The first-order chi connectivity index (χ1) is 10.8.